The van der Waals surface area contributed by atoms with E-state index in [-0.39, 0.29) is 12.0 Å². The first-order valence-corrected chi connectivity index (χ1v) is 18.8. The van der Waals surface area contributed by atoms with Gasteiger partial charge in [0.1, 0.15) is 11.9 Å². The molecule has 2 atom stereocenters. The van der Waals surface area contributed by atoms with Crippen molar-refractivity contribution in [3.05, 3.63) is 205 Å². The van der Waals surface area contributed by atoms with Crippen molar-refractivity contribution in [2.24, 2.45) is 0 Å². The van der Waals surface area contributed by atoms with Crippen LogP contribution in [0.4, 0.5) is 0 Å². The molecular formula is C52H33NO. The van der Waals surface area contributed by atoms with Crippen LogP contribution in [-0.2, 0) is 0 Å². The average molecular weight is 688 g/mol. The van der Waals surface area contributed by atoms with Crippen LogP contribution in [0.3, 0.4) is 0 Å². The second-order valence-electron chi connectivity index (χ2n) is 14.7. The lowest BCUT2D eigenvalue weighted by Gasteiger charge is -2.30. The lowest BCUT2D eigenvalue weighted by atomic mass is 9.75. The molecule has 54 heavy (non-hydrogen) atoms. The highest BCUT2D eigenvalue weighted by Gasteiger charge is 2.42. The maximum Gasteiger partial charge on any atom is 0.135 e. The van der Waals surface area contributed by atoms with Crippen molar-refractivity contribution in [3.63, 3.8) is 0 Å². The smallest absolute Gasteiger partial charge is 0.135 e. The monoisotopic (exact) mass is 687 g/mol. The summed E-state index contributed by atoms with van der Waals surface area (Å²) < 4.78 is 9.35. The molecule has 0 saturated carbocycles. The molecule has 9 aromatic carbocycles. The molecule has 0 bridgehead atoms. The van der Waals surface area contributed by atoms with Gasteiger partial charge < -0.3 is 9.30 Å². The van der Waals surface area contributed by atoms with Gasteiger partial charge in [-0.2, -0.15) is 0 Å². The van der Waals surface area contributed by atoms with E-state index < -0.39 is 0 Å². The fraction of sp³-hybridized carbons (Fsp3) is 0.0385. The molecule has 10 aromatic rings. The molecule has 0 radical (unpaired) electrons. The molecule has 2 aliphatic rings. The van der Waals surface area contributed by atoms with E-state index in [1.54, 1.807) is 0 Å². The predicted molar refractivity (Wildman–Crippen MR) is 224 cm³/mol. The van der Waals surface area contributed by atoms with Gasteiger partial charge in [0.25, 0.3) is 0 Å². The zero-order valence-corrected chi connectivity index (χ0v) is 29.4. The zero-order chi connectivity index (χ0) is 35.3. The quantitative estimate of drug-likeness (QED) is 0.169. The lowest BCUT2D eigenvalue weighted by Crippen LogP contribution is -2.17. The third-order valence-electron chi connectivity index (χ3n) is 12.0. The minimum absolute atomic E-state index is 0.0392. The minimum Gasteiger partial charge on any atom is -0.484 e. The first-order chi connectivity index (χ1) is 26.8. The van der Waals surface area contributed by atoms with Crippen molar-refractivity contribution in [3.8, 4) is 44.8 Å². The van der Waals surface area contributed by atoms with Gasteiger partial charge in [0.05, 0.1) is 17.0 Å². The Bertz CT molecular complexity index is 3040. The Morgan fingerprint density at radius 2 is 0.833 bits per heavy atom. The number of nitrogens with zero attached hydrogens (tertiary/aromatic N) is 1. The number of ether oxygens (including phenoxy) is 1. The van der Waals surface area contributed by atoms with Crippen LogP contribution < -0.4 is 4.74 Å². The first-order valence-electron chi connectivity index (χ1n) is 18.8. The normalized spacial score (nSPS) is 15.6. The molecular weight excluding hydrogens is 655 g/mol. The van der Waals surface area contributed by atoms with Crippen molar-refractivity contribution in [1.29, 1.82) is 0 Å². The number of benzene rings is 9. The van der Waals surface area contributed by atoms with E-state index in [0.29, 0.717) is 0 Å². The van der Waals surface area contributed by atoms with Gasteiger partial charge in [-0.15, -0.1) is 0 Å². The van der Waals surface area contributed by atoms with E-state index in [2.05, 4.69) is 193 Å². The molecule has 252 valence electrons. The zero-order valence-electron chi connectivity index (χ0n) is 29.4. The lowest BCUT2D eigenvalue weighted by molar-refractivity contribution is 0.221. The second kappa shape index (κ2) is 11.3. The largest absolute Gasteiger partial charge is 0.484 e. The van der Waals surface area contributed by atoms with Crippen molar-refractivity contribution in [2.75, 3.05) is 0 Å². The summed E-state index contributed by atoms with van der Waals surface area (Å²) in [6, 6.07) is 68.9. The van der Waals surface area contributed by atoms with Gasteiger partial charge in [-0.1, -0.05) is 158 Å². The summed E-state index contributed by atoms with van der Waals surface area (Å²) in [6.07, 6.45) is -0.0392. The summed E-state index contributed by atoms with van der Waals surface area (Å²) in [5.74, 6) is 1.15. The van der Waals surface area contributed by atoms with Crippen LogP contribution in [0.15, 0.2) is 188 Å². The summed E-state index contributed by atoms with van der Waals surface area (Å²) >= 11 is 0. The Hall–Kier alpha value is -6.90. The molecule has 12 rings (SSSR count). The Morgan fingerprint density at radius 3 is 1.44 bits per heavy atom. The Kier molecular flexibility index (Phi) is 6.20. The number of hydrogen-bond acceptors (Lipinski definition) is 1. The van der Waals surface area contributed by atoms with Gasteiger partial charge in [0.15, 0.2) is 0 Å². The van der Waals surface area contributed by atoms with Gasteiger partial charge in [-0.3, -0.25) is 0 Å². The summed E-state index contributed by atoms with van der Waals surface area (Å²) in [7, 11) is 0. The molecule has 1 aliphatic carbocycles. The second-order valence-corrected chi connectivity index (χ2v) is 14.7. The standard InChI is InChI=1S/C52H33NO/c1-3-17-39-35(13-1)36-14-2-8-22-44(36)52-51(39)45-30-27-33(31-48(45)54-52)50-42-20-6-4-18-40(42)49(41-19-5-7-21-43(41)50)32-25-28-34(29-26-32)53-46-23-11-9-15-37(46)38-16-10-12-24-47(38)53/h1-31,51-52H. The molecule has 0 spiro atoms. The van der Waals surface area contributed by atoms with Gasteiger partial charge in [-0.05, 0) is 90.8 Å². The van der Waals surface area contributed by atoms with Gasteiger partial charge >= 0.3 is 0 Å². The van der Waals surface area contributed by atoms with Crippen LogP contribution in [0.5, 0.6) is 5.75 Å². The number of hydrogen-bond donors (Lipinski definition) is 0. The Labute approximate surface area is 313 Å². The van der Waals surface area contributed by atoms with E-state index in [9.17, 15) is 0 Å². The minimum atomic E-state index is -0.0392. The van der Waals surface area contributed by atoms with Crippen molar-refractivity contribution in [2.45, 2.75) is 12.0 Å². The molecule has 1 aliphatic heterocycles. The summed E-state index contributed by atoms with van der Waals surface area (Å²) in [5, 5.41) is 7.51. The average Bonchev–Trinajstić information content (AvgIpc) is 3.79. The van der Waals surface area contributed by atoms with Crippen molar-refractivity contribution < 1.29 is 4.74 Å². The van der Waals surface area contributed by atoms with E-state index in [1.807, 2.05) is 0 Å². The number of fused-ring (bicyclic) bond motifs is 13. The van der Waals surface area contributed by atoms with Crippen LogP contribution in [0.25, 0.3) is 82.4 Å². The molecule has 2 nitrogen and oxygen atoms in total. The maximum absolute atomic E-state index is 6.97. The third-order valence-corrected chi connectivity index (χ3v) is 12.0. The van der Waals surface area contributed by atoms with Gasteiger partial charge in [0, 0.05) is 27.6 Å². The number of para-hydroxylation sites is 2. The first kappa shape index (κ1) is 29.7. The molecule has 0 fully saturated rings. The fourth-order valence-electron chi connectivity index (χ4n) is 9.72. The third kappa shape index (κ3) is 4.11. The van der Waals surface area contributed by atoms with Crippen LogP contribution in [0.1, 0.15) is 28.7 Å². The molecule has 0 amide bonds. The van der Waals surface area contributed by atoms with E-state index in [1.165, 1.54) is 93.4 Å². The summed E-state index contributed by atoms with van der Waals surface area (Å²) in [6.45, 7) is 0. The Morgan fingerprint density at radius 1 is 0.370 bits per heavy atom. The molecule has 2 heteroatoms. The molecule has 1 aromatic heterocycles. The number of aromatic nitrogens is 1. The fourth-order valence-corrected chi connectivity index (χ4v) is 9.72. The van der Waals surface area contributed by atoms with Crippen LogP contribution in [-0.4, -0.2) is 4.57 Å². The van der Waals surface area contributed by atoms with Crippen LogP contribution in [0, 0.1) is 0 Å². The summed E-state index contributed by atoms with van der Waals surface area (Å²) in [4.78, 5) is 0. The van der Waals surface area contributed by atoms with Gasteiger partial charge in [-0.25, -0.2) is 0 Å². The Balaban J connectivity index is 1.02. The molecule has 2 heterocycles. The molecule has 2 unspecified atom stereocenters. The van der Waals surface area contributed by atoms with Gasteiger partial charge in [0.2, 0.25) is 0 Å². The van der Waals surface area contributed by atoms with Crippen LogP contribution >= 0.6 is 0 Å². The predicted octanol–water partition coefficient (Wildman–Crippen LogP) is 13.7. The topological polar surface area (TPSA) is 14.2 Å². The highest BCUT2D eigenvalue weighted by molar-refractivity contribution is 6.21. The highest BCUT2D eigenvalue weighted by Crippen LogP contribution is 2.57. The maximum atomic E-state index is 6.97. The van der Waals surface area contributed by atoms with E-state index in [4.69, 9.17) is 4.74 Å². The summed E-state index contributed by atoms with van der Waals surface area (Å²) in [5.41, 5.74) is 14.9. The van der Waals surface area contributed by atoms with Crippen LogP contribution in [0.2, 0.25) is 0 Å². The molecule has 0 N–H and O–H groups in total. The number of rotatable bonds is 3. The van der Waals surface area contributed by atoms with Crippen molar-refractivity contribution in [1.82, 2.24) is 4.57 Å². The molecule has 0 saturated heterocycles. The highest BCUT2D eigenvalue weighted by atomic mass is 16.5. The van der Waals surface area contributed by atoms with E-state index >= 15 is 0 Å². The SMILES string of the molecule is c1ccc2c(c1)-c1ccccc1C1c3ccc(-c4c5ccccc5c(-c5ccc(-n6c7ccccc7c7ccccc76)cc5)c5ccccc45)cc3OC21. The van der Waals surface area contributed by atoms with E-state index in [0.717, 1.165) is 11.4 Å². The van der Waals surface area contributed by atoms with Crippen molar-refractivity contribution >= 4 is 43.4 Å².